The largest absolute Gasteiger partial charge is 1.00 e. The first-order valence-corrected chi connectivity index (χ1v) is 4.53. The van der Waals surface area contributed by atoms with E-state index in [1.54, 1.807) is 23.5 Å². The molecule has 0 nitrogen and oxygen atoms in total. The maximum absolute atomic E-state index is 2.05. The maximum atomic E-state index is 2.05. The van der Waals surface area contributed by atoms with Crippen molar-refractivity contribution >= 4 is 23.5 Å². The van der Waals surface area contributed by atoms with Gasteiger partial charge < -0.3 is 0 Å². The molecule has 0 heterocycles. The Hall–Kier alpha value is 0.907. The normalized spacial score (nSPS) is 8.75. The quantitative estimate of drug-likeness (QED) is 0.379. The van der Waals surface area contributed by atoms with E-state index in [0.717, 1.165) is 0 Å². The summed E-state index contributed by atoms with van der Waals surface area (Å²) < 4.78 is 0. The van der Waals surface area contributed by atoms with Crippen LogP contribution in [0.15, 0.2) is 11.5 Å². The fourth-order valence-corrected chi connectivity index (χ4v) is 0.760. The van der Waals surface area contributed by atoms with E-state index in [0.29, 0.717) is 0 Å². The number of rotatable bonds is 3. The Balaban J connectivity index is 0. The van der Waals surface area contributed by atoms with Crippen LogP contribution in [0.3, 0.4) is 0 Å². The van der Waals surface area contributed by atoms with E-state index >= 15 is 0 Å². The van der Waals surface area contributed by atoms with Crippen LogP contribution < -0.4 is 18.9 Å². The van der Waals surface area contributed by atoms with Gasteiger partial charge in [-0.2, -0.15) is 11.2 Å². The van der Waals surface area contributed by atoms with E-state index in [-0.39, 0.29) is 18.9 Å². The molecule has 42 valence electrons. The molecule has 0 radical (unpaired) electrons. The van der Waals surface area contributed by atoms with Gasteiger partial charge in [-0.1, -0.05) is 0 Å². The molecule has 0 amide bonds. The minimum atomic E-state index is 0. The zero-order chi connectivity index (χ0) is 5.54. The maximum Gasteiger partial charge on any atom is 1.00 e. The molecule has 8 heavy (non-hydrogen) atoms. The van der Waals surface area contributed by atoms with Gasteiger partial charge in [-0.05, 0) is 12.5 Å². The molecule has 0 bridgehead atoms. The van der Waals surface area contributed by atoms with E-state index in [4.69, 9.17) is 0 Å². The molecule has 0 aromatic carbocycles. The van der Waals surface area contributed by atoms with Gasteiger partial charge in [0, 0.05) is 0 Å². The monoisotopic (exact) mass is 140 g/mol. The molecule has 0 aliphatic heterocycles. The summed E-state index contributed by atoms with van der Waals surface area (Å²) in [7, 11) is 0. The molecule has 0 N–H and O–H groups in total. The van der Waals surface area contributed by atoms with E-state index in [9.17, 15) is 0 Å². The third-order valence-corrected chi connectivity index (χ3v) is 1.29. The van der Waals surface area contributed by atoms with Crippen LogP contribution in [0.5, 0.6) is 0 Å². The zero-order valence-corrected chi connectivity index (χ0v) is 7.18. The molecule has 0 saturated heterocycles. The summed E-state index contributed by atoms with van der Waals surface area (Å²) in [5, 5.41) is 2.05. The van der Waals surface area contributed by atoms with Crippen molar-refractivity contribution in [3.63, 3.8) is 0 Å². The van der Waals surface area contributed by atoms with E-state index in [1.807, 2.05) is 18.6 Å². The second-order valence-electron chi connectivity index (χ2n) is 0.936. The van der Waals surface area contributed by atoms with Crippen molar-refractivity contribution in [1.82, 2.24) is 0 Å². The molecule has 0 aliphatic carbocycles. The van der Waals surface area contributed by atoms with Crippen molar-refractivity contribution < 1.29 is 18.9 Å². The number of thioether (sulfide) groups is 2. The average Bonchev–Trinajstić information content (AvgIpc) is 1.69. The first-order chi connectivity index (χ1) is 3.41. The van der Waals surface area contributed by atoms with E-state index in [1.165, 1.54) is 0 Å². The predicted octanol–water partition coefficient (Wildman–Crippen LogP) is -0.608. The number of hydrogen-bond donors (Lipinski definition) is 0. The van der Waals surface area contributed by atoms with Crippen molar-refractivity contribution in [2.24, 2.45) is 0 Å². The molecule has 0 unspecified atom stereocenters. The van der Waals surface area contributed by atoms with Crippen LogP contribution in [0.4, 0.5) is 0 Å². The van der Waals surface area contributed by atoms with Crippen LogP contribution in [-0.2, 0) is 0 Å². The fourth-order valence-electron chi connectivity index (χ4n) is 0.189. The van der Waals surface area contributed by atoms with Crippen LogP contribution in [0, 0.1) is 5.75 Å². The van der Waals surface area contributed by atoms with Crippen LogP contribution in [-0.4, -0.2) is 12.5 Å². The minimum absolute atomic E-state index is 0. The Bertz CT molecular complexity index is 54.4. The van der Waals surface area contributed by atoms with Gasteiger partial charge >= 0.3 is 18.9 Å². The molecule has 0 fully saturated rings. The van der Waals surface area contributed by atoms with Crippen LogP contribution in [0.2, 0.25) is 0 Å². The van der Waals surface area contributed by atoms with Crippen molar-refractivity contribution in [2.75, 3.05) is 12.5 Å². The van der Waals surface area contributed by atoms with Gasteiger partial charge in [0.25, 0.3) is 0 Å². The number of hydrogen-bond acceptors (Lipinski definition) is 2. The molecular weight excluding hydrogens is 131 g/mol. The van der Waals surface area contributed by atoms with E-state index in [2.05, 4.69) is 11.2 Å². The van der Waals surface area contributed by atoms with Gasteiger partial charge in [0.2, 0.25) is 0 Å². The van der Waals surface area contributed by atoms with Crippen LogP contribution in [0.25, 0.3) is 0 Å². The Labute approximate surface area is 72.1 Å². The molecule has 0 saturated carbocycles. The Morgan fingerprint density at radius 2 is 2.00 bits per heavy atom. The van der Waals surface area contributed by atoms with Gasteiger partial charge in [-0.15, -0.1) is 0 Å². The molecule has 0 aliphatic rings. The van der Waals surface area contributed by atoms with Gasteiger partial charge in [-0.3, -0.25) is 0 Å². The standard InChI is InChI=1S/C5H9S2.Li/c1-6-4-3-5-7-2;/h3-5H,1-2H3;/q-1;+1. The summed E-state index contributed by atoms with van der Waals surface area (Å²) >= 11 is 3.43. The minimum Gasteiger partial charge on any atom is -0.238 e. The summed E-state index contributed by atoms with van der Waals surface area (Å²) in [6.07, 6.45) is 6.13. The summed E-state index contributed by atoms with van der Waals surface area (Å²) in [6.45, 7) is 0. The first kappa shape index (κ1) is 11.7. The molecule has 0 aromatic rings. The molecule has 0 spiro atoms. The third kappa shape index (κ3) is 10.0. The van der Waals surface area contributed by atoms with Gasteiger partial charge in [-0.25, -0.2) is 29.6 Å². The van der Waals surface area contributed by atoms with Crippen molar-refractivity contribution in [2.45, 2.75) is 0 Å². The molecule has 0 rings (SSSR count). The third-order valence-electron chi connectivity index (χ3n) is 0.429. The second-order valence-corrected chi connectivity index (χ2v) is 2.42. The summed E-state index contributed by atoms with van der Waals surface area (Å²) in [4.78, 5) is 0. The van der Waals surface area contributed by atoms with Gasteiger partial charge in [0.15, 0.2) is 0 Å². The fraction of sp³-hybridized carbons (Fsp3) is 0.400. The van der Waals surface area contributed by atoms with Gasteiger partial charge in [0.05, 0.1) is 0 Å². The molecule has 0 aromatic heterocycles. The summed E-state index contributed by atoms with van der Waals surface area (Å²) in [5.74, 6) is 2.05. The predicted molar refractivity (Wildman–Crippen MR) is 40.5 cm³/mol. The van der Waals surface area contributed by atoms with Crippen LogP contribution in [0.1, 0.15) is 0 Å². The second kappa shape index (κ2) is 10.8. The zero-order valence-electron chi connectivity index (χ0n) is 5.55. The van der Waals surface area contributed by atoms with Gasteiger partial charge in [0.1, 0.15) is 0 Å². The molecular formula is C5H9LiS2. The van der Waals surface area contributed by atoms with Crippen molar-refractivity contribution in [3.05, 3.63) is 17.2 Å². The summed E-state index contributed by atoms with van der Waals surface area (Å²) in [6, 6.07) is 0. The van der Waals surface area contributed by atoms with Crippen molar-refractivity contribution in [1.29, 1.82) is 0 Å². The molecule has 3 heteroatoms. The van der Waals surface area contributed by atoms with Crippen LogP contribution >= 0.6 is 23.5 Å². The topological polar surface area (TPSA) is 0 Å². The van der Waals surface area contributed by atoms with E-state index < -0.39 is 0 Å². The summed E-state index contributed by atoms with van der Waals surface area (Å²) in [5.41, 5.74) is 0. The first-order valence-electron chi connectivity index (χ1n) is 1.95. The Morgan fingerprint density at radius 1 is 1.38 bits per heavy atom. The Morgan fingerprint density at radius 3 is 2.38 bits per heavy atom. The Kier molecular flexibility index (Phi) is 15.8. The van der Waals surface area contributed by atoms with Crippen molar-refractivity contribution in [3.8, 4) is 0 Å². The smallest absolute Gasteiger partial charge is 0.238 e. The molecule has 0 atom stereocenters. The SMILES string of the molecule is CSC=C[CH-]SC.[Li+]. The average molecular weight is 140 g/mol.